The van der Waals surface area contributed by atoms with Gasteiger partial charge in [0.25, 0.3) is 5.91 Å². The second-order valence-electron chi connectivity index (χ2n) is 6.11. The molecule has 1 fully saturated rings. The van der Waals surface area contributed by atoms with Gasteiger partial charge in [0.15, 0.2) is 5.69 Å². The summed E-state index contributed by atoms with van der Waals surface area (Å²) >= 11 is 0. The van der Waals surface area contributed by atoms with Crippen LogP contribution in [0.2, 0.25) is 0 Å². The first kappa shape index (κ1) is 16.5. The lowest BCUT2D eigenvalue weighted by Gasteiger charge is -2.12. The molecule has 0 bridgehead atoms. The second-order valence-corrected chi connectivity index (χ2v) is 6.11. The summed E-state index contributed by atoms with van der Waals surface area (Å²) < 4.78 is 1.83. The van der Waals surface area contributed by atoms with Crippen molar-refractivity contribution in [2.45, 2.75) is 58.5 Å². The average Bonchev–Trinajstić information content (AvgIpc) is 3.10. The number of carbonyl (C=O) groups excluding carboxylic acids is 2. The maximum Gasteiger partial charge on any atom is 0.273 e. The molecule has 0 aromatic carbocycles. The van der Waals surface area contributed by atoms with Crippen LogP contribution in [0.5, 0.6) is 0 Å². The lowest BCUT2D eigenvalue weighted by atomic mass is 10.1. The average molecular weight is 307 g/mol. The summed E-state index contributed by atoms with van der Waals surface area (Å²) in [7, 11) is 1.58. The van der Waals surface area contributed by atoms with Crippen molar-refractivity contribution < 1.29 is 9.59 Å². The molecule has 2 amide bonds. The summed E-state index contributed by atoms with van der Waals surface area (Å²) in [6.07, 6.45) is 5.26. The normalized spacial score (nSPS) is 16.5. The van der Waals surface area contributed by atoms with Crippen molar-refractivity contribution in [2.75, 3.05) is 7.05 Å². The molecule has 0 radical (unpaired) electrons. The lowest BCUT2D eigenvalue weighted by molar-refractivity contribution is -0.120. The first-order valence-corrected chi connectivity index (χ1v) is 7.92. The van der Waals surface area contributed by atoms with Gasteiger partial charge in [0.1, 0.15) is 0 Å². The van der Waals surface area contributed by atoms with E-state index in [2.05, 4.69) is 20.9 Å². The monoisotopic (exact) mass is 307 g/mol. The molecule has 22 heavy (non-hydrogen) atoms. The van der Waals surface area contributed by atoms with E-state index < -0.39 is 0 Å². The second kappa shape index (κ2) is 7.38. The third-order valence-electron chi connectivity index (χ3n) is 4.25. The molecule has 1 unspecified atom stereocenters. The van der Waals surface area contributed by atoms with E-state index in [9.17, 15) is 9.59 Å². The van der Waals surface area contributed by atoms with Crippen molar-refractivity contribution >= 4 is 11.8 Å². The highest BCUT2D eigenvalue weighted by Crippen LogP contribution is 2.26. The van der Waals surface area contributed by atoms with Gasteiger partial charge in [-0.15, -0.1) is 5.10 Å². The lowest BCUT2D eigenvalue weighted by Crippen LogP contribution is -2.37. The number of hydrogen-bond donors (Lipinski definition) is 2. The van der Waals surface area contributed by atoms with E-state index in [-0.39, 0.29) is 24.3 Å². The number of hydrogen-bond acceptors (Lipinski definition) is 4. The van der Waals surface area contributed by atoms with Crippen LogP contribution in [0.3, 0.4) is 0 Å². The molecule has 1 aromatic heterocycles. The fourth-order valence-electron chi connectivity index (χ4n) is 2.90. The van der Waals surface area contributed by atoms with Crippen LogP contribution >= 0.6 is 0 Å². The largest absolute Gasteiger partial charge is 0.359 e. The molecule has 0 spiro atoms. The quantitative estimate of drug-likeness (QED) is 0.821. The van der Waals surface area contributed by atoms with E-state index in [0.717, 1.165) is 12.2 Å². The van der Waals surface area contributed by atoms with Crippen LogP contribution in [0.25, 0.3) is 0 Å². The van der Waals surface area contributed by atoms with E-state index in [1.165, 1.54) is 25.7 Å². The van der Waals surface area contributed by atoms with E-state index in [1.54, 1.807) is 14.0 Å². The Hall–Kier alpha value is -1.92. The highest BCUT2D eigenvalue weighted by Gasteiger charge is 2.22. The molecule has 7 heteroatoms. The van der Waals surface area contributed by atoms with Crippen LogP contribution in [0, 0.1) is 12.8 Å². The van der Waals surface area contributed by atoms with Crippen molar-refractivity contribution in [2.24, 2.45) is 5.92 Å². The third-order valence-corrected chi connectivity index (χ3v) is 4.25. The first-order chi connectivity index (χ1) is 10.5. The summed E-state index contributed by atoms with van der Waals surface area (Å²) in [5, 5.41) is 13.5. The molecule has 1 saturated carbocycles. The van der Waals surface area contributed by atoms with Crippen LogP contribution < -0.4 is 10.6 Å². The summed E-state index contributed by atoms with van der Waals surface area (Å²) in [5.41, 5.74) is 1.14. The Morgan fingerprint density at radius 3 is 2.68 bits per heavy atom. The van der Waals surface area contributed by atoms with Crippen LogP contribution in [-0.2, 0) is 11.3 Å². The minimum atomic E-state index is -0.272. The van der Waals surface area contributed by atoms with Gasteiger partial charge >= 0.3 is 0 Å². The number of nitrogens with one attached hydrogen (secondary N) is 2. The molecular formula is C15H25N5O2. The first-order valence-electron chi connectivity index (χ1n) is 7.92. The number of amides is 2. The predicted octanol–water partition coefficient (Wildman–Crippen LogP) is 1.03. The van der Waals surface area contributed by atoms with E-state index >= 15 is 0 Å². The molecule has 0 saturated heterocycles. The number of aromatic nitrogens is 3. The Balaban J connectivity index is 1.95. The van der Waals surface area contributed by atoms with Gasteiger partial charge in [-0.2, -0.15) is 0 Å². The minimum absolute atomic E-state index is 0.102. The zero-order valence-corrected chi connectivity index (χ0v) is 13.6. The van der Waals surface area contributed by atoms with Crippen molar-refractivity contribution in [3.63, 3.8) is 0 Å². The van der Waals surface area contributed by atoms with Crippen LogP contribution in [0.1, 0.15) is 55.2 Å². The topological polar surface area (TPSA) is 88.9 Å². The van der Waals surface area contributed by atoms with Crippen molar-refractivity contribution in [1.29, 1.82) is 0 Å². The van der Waals surface area contributed by atoms with Crippen molar-refractivity contribution in [3.05, 3.63) is 11.4 Å². The number of rotatable bonds is 6. The predicted molar refractivity (Wildman–Crippen MR) is 82.3 cm³/mol. The minimum Gasteiger partial charge on any atom is -0.359 e. The Bertz CT molecular complexity index is 534. The fraction of sp³-hybridized carbons (Fsp3) is 0.733. The number of carbonyl (C=O) groups is 2. The molecule has 0 aliphatic heterocycles. The van der Waals surface area contributed by atoms with Gasteiger partial charge in [0.2, 0.25) is 5.91 Å². The molecule has 1 aromatic rings. The van der Waals surface area contributed by atoms with Gasteiger partial charge in [-0.25, -0.2) is 4.68 Å². The molecule has 2 N–H and O–H groups in total. The fourth-order valence-corrected chi connectivity index (χ4v) is 2.90. The maximum absolute atomic E-state index is 12.2. The van der Waals surface area contributed by atoms with Crippen LogP contribution in [0.4, 0.5) is 0 Å². The highest BCUT2D eigenvalue weighted by atomic mass is 16.2. The van der Waals surface area contributed by atoms with Gasteiger partial charge in [0, 0.05) is 26.1 Å². The summed E-state index contributed by atoms with van der Waals surface area (Å²) in [4.78, 5) is 23.5. The SMILES string of the molecule is CNC(=O)CC(C)NC(=O)c1nnn(CC2CCCC2)c1C. The Labute approximate surface area is 130 Å². The zero-order valence-electron chi connectivity index (χ0n) is 13.6. The van der Waals surface area contributed by atoms with E-state index in [1.807, 2.05) is 11.6 Å². The summed E-state index contributed by atoms with van der Waals surface area (Å²) in [6.45, 7) is 4.50. The molecule has 1 heterocycles. The van der Waals surface area contributed by atoms with Gasteiger partial charge in [0.05, 0.1) is 5.69 Å². The molecule has 2 rings (SSSR count). The van der Waals surface area contributed by atoms with Crippen molar-refractivity contribution in [3.8, 4) is 0 Å². The molecule has 1 atom stereocenters. The van der Waals surface area contributed by atoms with Gasteiger partial charge in [-0.05, 0) is 32.6 Å². The Morgan fingerprint density at radius 1 is 1.36 bits per heavy atom. The Morgan fingerprint density at radius 2 is 2.05 bits per heavy atom. The van der Waals surface area contributed by atoms with Gasteiger partial charge in [-0.1, -0.05) is 18.1 Å². The molecule has 1 aliphatic rings. The van der Waals surface area contributed by atoms with Crippen LogP contribution in [-0.4, -0.2) is 39.9 Å². The Kier molecular flexibility index (Phi) is 5.51. The summed E-state index contributed by atoms with van der Waals surface area (Å²) in [6, 6.07) is -0.244. The standard InChI is InChI=1S/C15H25N5O2/c1-10(8-13(21)16-3)17-15(22)14-11(2)20(19-18-14)9-12-6-4-5-7-12/h10,12H,4-9H2,1-3H3,(H,16,21)(H,17,22). The third kappa shape index (κ3) is 4.05. The van der Waals surface area contributed by atoms with Crippen molar-refractivity contribution in [1.82, 2.24) is 25.6 Å². The highest BCUT2D eigenvalue weighted by molar-refractivity contribution is 5.93. The van der Waals surface area contributed by atoms with E-state index in [0.29, 0.717) is 11.6 Å². The van der Waals surface area contributed by atoms with Crippen LogP contribution in [0.15, 0.2) is 0 Å². The maximum atomic E-state index is 12.2. The van der Waals surface area contributed by atoms with Gasteiger partial charge in [-0.3, -0.25) is 9.59 Å². The molecule has 122 valence electrons. The summed E-state index contributed by atoms with van der Waals surface area (Å²) in [5.74, 6) is 0.268. The molecule has 1 aliphatic carbocycles. The number of nitrogens with zero attached hydrogens (tertiary/aromatic N) is 3. The van der Waals surface area contributed by atoms with E-state index in [4.69, 9.17) is 0 Å². The molecular weight excluding hydrogens is 282 g/mol. The smallest absolute Gasteiger partial charge is 0.273 e. The molecule has 7 nitrogen and oxygen atoms in total. The van der Waals surface area contributed by atoms with Gasteiger partial charge < -0.3 is 10.6 Å². The zero-order chi connectivity index (χ0) is 16.1.